The molecule has 0 radical (unpaired) electrons. The summed E-state index contributed by atoms with van der Waals surface area (Å²) in [4.78, 5) is 14.2. The summed E-state index contributed by atoms with van der Waals surface area (Å²) in [6.45, 7) is 1.49. The van der Waals surface area contributed by atoms with Crippen LogP contribution < -0.4 is 10.2 Å². The molecule has 1 aromatic carbocycles. The Balaban J connectivity index is 1.96. The van der Waals surface area contributed by atoms with Crippen molar-refractivity contribution < 1.29 is 26.7 Å². The van der Waals surface area contributed by atoms with E-state index in [1.165, 1.54) is 17.0 Å². The second kappa shape index (κ2) is 8.56. The topological polar surface area (TPSA) is 82.0 Å². The highest BCUT2D eigenvalue weighted by Gasteiger charge is 2.37. The van der Waals surface area contributed by atoms with Crippen LogP contribution in [0.15, 0.2) is 30.3 Å². The highest BCUT2D eigenvalue weighted by atomic mass is 19.4. The SMILES string of the molecule is CC(=N)c1cccc(NC(=O)c2cc(C(F)(F)F)nnc2N2CCCC(F)(F)CC2)c1. The van der Waals surface area contributed by atoms with Crippen molar-refractivity contribution in [3.63, 3.8) is 0 Å². The molecule has 11 heteroatoms. The van der Waals surface area contributed by atoms with Gasteiger partial charge in [-0.2, -0.15) is 13.2 Å². The van der Waals surface area contributed by atoms with Gasteiger partial charge in [0.25, 0.3) is 5.91 Å². The molecule has 3 rings (SSSR count). The number of amides is 1. The fourth-order valence-corrected chi connectivity index (χ4v) is 3.23. The zero-order valence-electron chi connectivity index (χ0n) is 16.6. The number of hydrogen-bond donors (Lipinski definition) is 2. The van der Waals surface area contributed by atoms with Gasteiger partial charge in [0.1, 0.15) is 0 Å². The molecule has 166 valence electrons. The van der Waals surface area contributed by atoms with E-state index in [1.807, 2.05) is 0 Å². The minimum atomic E-state index is -4.83. The molecule has 1 saturated heterocycles. The van der Waals surface area contributed by atoms with E-state index in [2.05, 4.69) is 15.5 Å². The average molecular weight is 441 g/mol. The van der Waals surface area contributed by atoms with Crippen LogP contribution in [-0.2, 0) is 6.18 Å². The zero-order chi connectivity index (χ0) is 22.8. The molecule has 1 aromatic heterocycles. The summed E-state index contributed by atoms with van der Waals surface area (Å²) < 4.78 is 66.9. The molecule has 2 N–H and O–H groups in total. The number of alkyl halides is 5. The number of rotatable bonds is 4. The molecule has 6 nitrogen and oxygen atoms in total. The second-order valence-electron chi connectivity index (χ2n) is 7.32. The Morgan fingerprint density at radius 2 is 1.90 bits per heavy atom. The monoisotopic (exact) mass is 441 g/mol. The van der Waals surface area contributed by atoms with E-state index in [9.17, 15) is 26.7 Å². The largest absolute Gasteiger partial charge is 0.435 e. The maximum atomic E-state index is 13.7. The summed E-state index contributed by atoms with van der Waals surface area (Å²) in [7, 11) is 0. The highest BCUT2D eigenvalue weighted by Crippen LogP contribution is 2.33. The van der Waals surface area contributed by atoms with Crippen molar-refractivity contribution in [2.45, 2.75) is 38.3 Å². The lowest BCUT2D eigenvalue weighted by Gasteiger charge is -2.24. The molecule has 1 amide bonds. The van der Waals surface area contributed by atoms with Crippen molar-refractivity contribution >= 4 is 23.1 Å². The van der Waals surface area contributed by atoms with Crippen molar-refractivity contribution in [1.29, 1.82) is 5.41 Å². The molecule has 0 bridgehead atoms. The first-order valence-electron chi connectivity index (χ1n) is 9.51. The van der Waals surface area contributed by atoms with Gasteiger partial charge in [-0.05, 0) is 37.1 Å². The van der Waals surface area contributed by atoms with Gasteiger partial charge < -0.3 is 15.6 Å². The van der Waals surface area contributed by atoms with E-state index < -0.39 is 35.7 Å². The summed E-state index contributed by atoms with van der Waals surface area (Å²) in [6.07, 6.45) is -5.59. The lowest BCUT2D eigenvalue weighted by Crippen LogP contribution is -2.30. The third-order valence-electron chi connectivity index (χ3n) is 4.88. The van der Waals surface area contributed by atoms with Crippen LogP contribution in [0, 0.1) is 5.41 Å². The van der Waals surface area contributed by atoms with Crippen molar-refractivity contribution in [2.75, 3.05) is 23.3 Å². The number of carbonyl (C=O) groups excluding carboxylic acids is 1. The van der Waals surface area contributed by atoms with Gasteiger partial charge >= 0.3 is 6.18 Å². The number of aromatic nitrogens is 2. The summed E-state index contributed by atoms with van der Waals surface area (Å²) in [6, 6.07) is 6.84. The number of hydrogen-bond acceptors (Lipinski definition) is 5. The summed E-state index contributed by atoms with van der Waals surface area (Å²) in [5.74, 6) is -3.95. The Morgan fingerprint density at radius 1 is 1.16 bits per heavy atom. The van der Waals surface area contributed by atoms with Crippen LogP contribution >= 0.6 is 0 Å². The van der Waals surface area contributed by atoms with Gasteiger partial charge in [-0.25, -0.2) is 8.78 Å². The second-order valence-corrected chi connectivity index (χ2v) is 7.32. The Kier molecular flexibility index (Phi) is 6.23. The number of anilines is 2. The lowest BCUT2D eigenvalue weighted by atomic mass is 10.1. The maximum Gasteiger partial charge on any atom is 0.435 e. The summed E-state index contributed by atoms with van der Waals surface area (Å²) in [5, 5.41) is 16.9. The van der Waals surface area contributed by atoms with Crippen LogP contribution in [0.25, 0.3) is 0 Å². The highest BCUT2D eigenvalue weighted by molar-refractivity contribution is 6.08. The first kappa shape index (κ1) is 22.6. The number of nitrogens with one attached hydrogen (secondary N) is 2. The van der Waals surface area contributed by atoms with Crippen molar-refractivity contribution in [3.05, 3.63) is 47.2 Å². The van der Waals surface area contributed by atoms with Gasteiger partial charge in [0.15, 0.2) is 11.5 Å². The van der Waals surface area contributed by atoms with E-state index >= 15 is 0 Å². The third kappa shape index (κ3) is 5.53. The Labute approximate surface area is 175 Å². The standard InChI is InChI=1S/C20H20F5N5O/c1-12(26)13-4-2-5-14(10-13)27-18(31)15-11-16(20(23,24)25)28-29-17(15)30-8-3-6-19(21,22)7-9-30/h2,4-5,10-11,26H,3,6-9H2,1H3,(H,27,31). The van der Waals surface area contributed by atoms with Crippen LogP contribution in [0.5, 0.6) is 0 Å². The lowest BCUT2D eigenvalue weighted by molar-refractivity contribution is -0.141. The van der Waals surface area contributed by atoms with Crippen LogP contribution in [0.3, 0.4) is 0 Å². The molecule has 1 aliphatic heterocycles. The van der Waals surface area contributed by atoms with E-state index in [0.29, 0.717) is 11.6 Å². The van der Waals surface area contributed by atoms with Crippen LogP contribution in [0.1, 0.15) is 47.8 Å². The molecular weight excluding hydrogens is 421 g/mol. The fraction of sp³-hybridized carbons (Fsp3) is 0.400. The van der Waals surface area contributed by atoms with Gasteiger partial charge in [0.2, 0.25) is 5.92 Å². The van der Waals surface area contributed by atoms with Crippen molar-refractivity contribution in [1.82, 2.24) is 10.2 Å². The van der Waals surface area contributed by atoms with E-state index in [0.717, 1.165) is 0 Å². The number of benzene rings is 1. The quantitative estimate of drug-likeness (QED) is 0.530. The molecule has 0 aliphatic carbocycles. The van der Waals surface area contributed by atoms with Crippen LogP contribution in [0.4, 0.5) is 33.5 Å². The van der Waals surface area contributed by atoms with Gasteiger partial charge in [0.05, 0.1) is 5.56 Å². The van der Waals surface area contributed by atoms with Gasteiger partial charge in [0, 0.05) is 37.3 Å². The molecule has 2 heterocycles. The van der Waals surface area contributed by atoms with Crippen LogP contribution in [0.2, 0.25) is 0 Å². The molecule has 2 aromatic rings. The predicted octanol–water partition coefficient (Wildman–Crippen LogP) is 4.76. The smallest absolute Gasteiger partial charge is 0.354 e. The molecular formula is C20H20F5N5O. The predicted molar refractivity (Wildman–Crippen MR) is 105 cm³/mol. The third-order valence-corrected chi connectivity index (χ3v) is 4.88. The Hall–Kier alpha value is -3.11. The molecule has 1 aliphatic rings. The summed E-state index contributed by atoms with van der Waals surface area (Å²) in [5.41, 5.74) is -0.730. The first-order valence-corrected chi connectivity index (χ1v) is 9.51. The number of carbonyl (C=O) groups is 1. The molecule has 31 heavy (non-hydrogen) atoms. The van der Waals surface area contributed by atoms with Crippen molar-refractivity contribution in [2.24, 2.45) is 0 Å². The van der Waals surface area contributed by atoms with E-state index in [4.69, 9.17) is 5.41 Å². The first-order chi connectivity index (χ1) is 14.5. The number of nitrogens with zero attached hydrogens (tertiary/aromatic N) is 3. The van der Waals surface area contributed by atoms with Gasteiger partial charge in [-0.3, -0.25) is 4.79 Å². The zero-order valence-corrected chi connectivity index (χ0v) is 16.6. The van der Waals surface area contributed by atoms with E-state index in [1.54, 1.807) is 19.1 Å². The van der Waals surface area contributed by atoms with Crippen LogP contribution in [-0.4, -0.2) is 40.8 Å². The molecule has 0 atom stereocenters. The Morgan fingerprint density at radius 3 is 2.58 bits per heavy atom. The minimum Gasteiger partial charge on any atom is -0.354 e. The molecule has 0 unspecified atom stereocenters. The molecule has 0 saturated carbocycles. The average Bonchev–Trinajstić information content (AvgIpc) is 2.87. The Bertz CT molecular complexity index is 992. The molecule has 1 fully saturated rings. The van der Waals surface area contributed by atoms with Crippen molar-refractivity contribution in [3.8, 4) is 0 Å². The summed E-state index contributed by atoms with van der Waals surface area (Å²) >= 11 is 0. The van der Waals surface area contributed by atoms with E-state index in [-0.39, 0.29) is 43.1 Å². The maximum absolute atomic E-state index is 13.7. The molecule has 0 spiro atoms. The fourth-order valence-electron chi connectivity index (χ4n) is 3.23. The van der Waals surface area contributed by atoms with Gasteiger partial charge in [-0.1, -0.05) is 12.1 Å². The normalized spacial score (nSPS) is 16.5. The minimum absolute atomic E-state index is 0.0947. The number of halogens is 5. The van der Waals surface area contributed by atoms with Gasteiger partial charge in [-0.15, -0.1) is 10.2 Å².